The number of hydrogen-bond acceptors (Lipinski definition) is 4. The summed E-state index contributed by atoms with van der Waals surface area (Å²) in [5.41, 5.74) is 0. The van der Waals surface area contributed by atoms with E-state index in [1.807, 2.05) is 29.9 Å². The zero-order chi connectivity index (χ0) is 12.8. The van der Waals surface area contributed by atoms with E-state index < -0.39 is 0 Å². The van der Waals surface area contributed by atoms with Crippen molar-refractivity contribution in [3.63, 3.8) is 0 Å². The highest BCUT2D eigenvalue weighted by Gasteiger charge is 2.18. The Balaban J connectivity index is 0.00000180. The van der Waals surface area contributed by atoms with E-state index in [4.69, 9.17) is 0 Å². The molecular weight excluding hydrogens is 300 g/mol. The lowest BCUT2D eigenvalue weighted by Crippen LogP contribution is -2.30. The molecule has 0 saturated carbocycles. The molecule has 0 unspecified atom stereocenters. The minimum Gasteiger partial charge on any atom is -0.344 e. The summed E-state index contributed by atoms with van der Waals surface area (Å²) in [5, 5.41) is 10.2. The van der Waals surface area contributed by atoms with Crippen LogP contribution < -0.4 is 10.6 Å². The van der Waals surface area contributed by atoms with Crippen molar-refractivity contribution in [2.45, 2.75) is 12.5 Å². The molecule has 2 aromatic rings. The molecule has 0 radical (unpaired) electrons. The van der Waals surface area contributed by atoms with Crippen LogP contribution in [0.25, 0.3) is 0 Å². The first-order valence-corrected chi connectivity index (χ1v) is 7.58. The van der Waals surface area contributed by atoms with Crippen LogP contribution in [0.4, 0.5) is 0 Å². The predicted octanol–water partition coefficient (Wildman–Crippen LogP) is 3.05. The quantitative estimate of drug-likeness (QED) is 0.860. The van der Waals surface area contributed by atoms with E-state index >= 15 is 0 Å². The van der Waals surface area contributed by atoms with Crippen LogP contribution in [0.2, 0.25) is 0 Å². The first-order chi connectivity index (χ1) is 8.81. The lowest BCUT2D eigenvalue weighted by molar-refractivity contribution is -0.121. The van der Waals surface area contributed by atoms with Crippen molar-refractivity contribution < 1.29 is 4.79 Å². The summed E-state index contributed by atoms with van der Waals surface area (Å²) in [6.45, 7) is 0.702. The van der Waals surface area contributed by atoms with Crippen LogP contribution in [0.15, 0.2) is 35.0 Å². The highest BCUT2D eigenvalue weighted by molar-refractivity contribution is 7.11. The van der Waals surface area contributed by atoms with Crippen molar-refractivity contribution in [3.05, 3.63) is 44.8 Å². The van der Waals surface area contributed by atoms with Gasteiger partial charge in [-0.05, 0) is 29.9 Å². The SMILES string of the molecule is CNCCC(=O)NC(c1cccs1)c1cccs1.Cl. The summed E-state index contributed by atoms with van der Waals surface area (Å²) in [5.74, 6) is 0.0798. The number of amides is 1. The number of carbonyl (C=O) groups is 1. The number of halogens is 1. The van der Waals surface area contributed by atoms with E-state index in [-0.39, 0.29) is 24.4 Å². The molecule has 2 aromatic heterocycles. The molecule has 2 heterocycles. The highest BCUT2D eigenvalue weighted by atomic mass is 35.5. The van der Waals surface area contributed by atoms with E-state index in [0.717, 1.165) is 0 Å². The van der Waals surface area contributed by atoms with Gasteiger partial charge in [-0.15, -0.1) is 35.1 Å². The molecule has 1 amide bonds. The maximum atomic E-state index is 11.9. The molecule has 3 nitrogen and oxygen atoms in total. The van der Waals surface area contributed by atoms with Crippen LogP contribution in [0, 0.1) is 0 Å². The topological polar surface area (TPSA) is 41.1 Å². The van der Waals surface area contributed by atoms with Gasteiger partial charge in [0, 0.05) is 22.7 Å². The molecular formula is C13H17ClN2OS2. The third-order valence-corrected chi connectivity index (χ3v) is 4.44. The molecule has 0 atom stereocenters. The first kappa shape index (κ1) is 16.2. The minimum atomic E-state index is -0.00523. The van der Waals surface area contributed by atoms with E-state index in [2.05, 4.69) is 22.8 Å². The summed E-state index contributed by atoms with van der Waals surface area (Å²) in [4.78, 5) is 14.2. The van der Waals surface area contributed by atoms with Gasteiger partial charge in [0.15, 0.2) is 0 Å². The van der Waals surface area contributed by atoms with Crippen molar-refractivity contribution in [1.29, 1.82) is 0 Å². The van der Waals surface area contributed by atoms with Crippen LogP contribution in [0.1, 0.15) is 22.2 Å². The Bertz CT molecular complexity index is 437. The van der Waals surface area contributed by atoms with Crippen molar-refractivity contribution in [2.24, 2.45) is 0 Å². The number of rotatable bonds is 6. The van der Waals surface area contributed by atoms with Crippen molar-refractivity contribution in [2.75, 3.05) is 13.6 Å². The van der Waals surface area contributed by atoms with Gasteiger partial charge in [-0.1, -0.05) is 12.1 Å². The smallest absolute Gasteiger partial charge is 0.222 e. The third kappa shape index (κ3) is 4.62. The van der Waals surface area contributed by atoms with Gasteiger partial charge in [-0.3, -0.25) is 4.79 Å². The van der Waals surface area contributed by atoms with Crippen molar-refractivity contribution in [1.82, 2.24) is 10.6 Å². The molecule has 0 spiro atoms. The number of hydrogen-bond donors (Lipinski definition) is 2. The van der Waals surface area contributed by atoms with E-state index in [0.29, 0.717) is 13.0 Å². The average molecular weight is 317 g/mol. The minimum absolute atomic E-state index is 0. The molecule has 0 aromatic carbocycles. The Kier molecular flexibility index (Phi) is 7.09. The summed E-state index contributed by atoms with van der Waals surface area (Å²) < 4.78 is 0. The van der Waals surface area contributed by atoms with Crippen molar-refractivity contribution >= 4 is 41.0 Å². The first-order valence-electron chi connectivity index (χ1n) is 5.82. The lowest BCUT2D eigenvalue weighted by Gasteiger charge is -2.16. The zero-order valence-corrected chi connectivity index (χ0v) is 13.0. The van der Waals surface area contributed by atoms with Crippen molar-refractivity contribution in [3.8, 4) is 0 Å². The predicted molar refractivity (Wildman–Crippen MR) is 84.4 cm³/mol. The van der Waals surface area contributed by atoms with E-state index in [1.54, 1.807) is 22.7 Å². The Morgan fingerprint density at radius 1 is 1.21 bits per heavy atom. The second-order valence-corrected chi connectivity index (χ2v) is 5.84. The van der Waals surface area contributed by atoms with Crippen LogP contribution >= 0.6 is 35.1 Å². The number of carbonyl (C=O) groups excluding carboxylic acids is 1. The summed E-state index contributed by atoms with van der Waals surface area (Å²) >= 11 is 3.34. The Morgan fingerprint density at radius 2 is 1.79 bits per heavy atom. The standard InChI is InChI=1S/C13H16N2OS2.ClH/c1-14-7-6-12(16)15-13(10-4-2-8-17-10)11-5-3-9-18-11;/h2-5,8-9,13-14H,6-7H2,1H3,(H,15,16);1H. The van der Waals surface area contributed by atoms with Gasteiger partial charge in [-0.2, -0.15) is 0 Å². The maximum Gasteiger partial charge on any atom is 0.222 e. The maximum absolute atomic E-state index is 11.9. The number of thiophene rings is 2. The zero-order valence-electron chi connectivity index (χ0n) is 10.6. The van der Waals surface area contributed by atoms with Gasteiger partial charge in [0.1, 0.15) is 0 Å². The highest BCUT2D eigenvalue weighted by Crippen LogP contribution is 2.29. The normalized spacial score (nSPS) is 10.2. The Labute approximate surface area is 127 Å². The van der Waals surface area contributed by atoms with Gasteiger partial charge in [0.25, 0.3) is 0 Å². The summed E-state index contributed by atoms with van der Waals surface area (Å²) in [6.07, 6.45) is 0.504. The lowest BCUT2D eigenvalue weighted by atomic mass is 10.2. The third-order valence-electron chi connectivity index (χ3n) is 2.56. The molecule has 0 aliphatic carbocycles. The molecule has 104 valence electrons. The fraction of sp³-hybridized carbons (Fsp3) is 0.308. The molecule has 19 heavy (non-hydrogen) atoms. The molecule has 0 bridgehead atoms. The molecule has 0 aliphatic heterocycles. The van der Waals surface area contributed by atoms with Gasteiger partial charge in [-0.25, -0.2) is 0 Å². The van der Waals surface area contributed by atoms with Gasteiger partial charge in [0.2, 0.25) is 5.91 Å². The van der Waals surface area contributed by atoms with E-state index in [1.165, 1.54) is 9.75 Å². The van der Waals surface area contributed by atoms with Gasteiger partial charge < -0.3 is 10.6 Å². The molecule has 0 fully saturated rings. The molecule has 2 N–H and O–H groups in total. The summed E-state index contributed by atoms with van der Waals surface area (Å²) in [7, 11) is 1.85. The fourth-order valence-corrected chi connectivity index (χ4v) is 3.33. The molecule has 6 heteroatoms. The summed E-state index contributed by atoms with van der Waals surface area (Å²) in [6, 6.07) is 8.15. The molecule has 0 saturated heterocycles. The van der Waals surface area contributed by atoms with Crippen LogP contribution in [0.5, 0.6) is 0 Å². The van der Waals surface area contributed by atoms with Crippen LogP contribution in [-0.4, -0.2) is 19.5 Å². The van der Waals surface area contributed by atoms with Crippen LogP contribution in [-0.2, 0) is 4.79 Å². The fourth-order valence-electron chi connectivity index (χ4n) is 1.67. The Morgan fingerprint density at radius 3 is 2.21 bits per heavy atom. The second-order valence-electron chi connectivity index (χ2n) is 3.88. The van der Waals surface area contributed by atoms with E-state index in [9.17, 15) is 4.79 Å². The molecule has 0 aliphatic rings. The monoisotopic (exact) mass is 316 g/mol. The number of nitrogens with one attached hydrogen (secondary N) is 2. The van der Waals surface area contributed by atoms with Gasteiger partial charge >= 0.3 is 0 Å². The largest absolute Gasteiger partial charge is 0.344 e. The second kappa shape index (κ2) is 8.32. The van der Waals surface area contributed by atoms with Gasteiger partial charge in [0.05, 0.1) is 6.04 Å². The van der Waals surface area contributed by atoms with Crippen LogP contribution in [0.3, 0.4) is 0 Å². The Hall–Kier alpha value is -0.880. The average Bonchev–Trinajstić information content (AvgIpc) is 3.05. The molecule has 2 rings (SSSR count).